The highest BCUT2D eigenvalue weighted by atomic mass is 32.2. The van der Waals surface area contributed by atoms with Crippen molar-refractivity contribution in [2.45, 2.75) is 57.1 Å². The van der Waals surface area contributed by atoms with Crippen LogP contribution in [0.5, 0.6) is 0 Å². The standard InChI is InChI=1S/C15H24N2O5S/c1-11-13(16-10-21-11)9-23(19,20)12-5-7-17(8-6-12)14(18)22-15(2,3)4/h10,12H,5-9H2,1-4H3. The Kier molecular flexibility index (Phi) is 5.03. The summed E-state index contributed by atoms with van der Waals surface area (Å²) in [6.45, 7) is 7.89. The van der Waals surface area contributed by atoms with Crippen LogP contribution in [0.15, 0.2) is 10.8 Å². The molecule has 7 nitrogen and oxygen atoms in total. The number of piperidine rings is 1. The lowest BCUT2D eigenvalue weighted by Crippen LogP contribution is -2.44. The van der Waals surface area contributed by atoms with Gasteiger partial charge in [-0.15, -0.1) is 0 Å². The van der Waals surface area contributed by atoms with Gasteiger partial charge in [0, 0.05) is 13.1 Å². The average molecular weight is 344 g/mol. The monoisotopic (exact) mass is 344 g/mol. The summed E-state index contributed by atoms with van der Waals surface area (Å²) in [7, 11) is -3.31. The first-order chi connectivity index (χ1) is 10.6. The topological polar surface area (TPSA) is 89.7 Å². The van der Waals surface area contributed by atoms with E-state index in [0.29, 0.717) is 37.4 Å². The van der Waals surface area contributed by atoms with Gasteiger partial charge in [-0.25, -0.2) is 18.2 Å². The lowest BCUT2D eigenvalue weighted by molar-refractivity contribution is 0.0217. The summed E-state index contributed by atoms with van der Waals surface area (Å²) in [4.78, 5) is 17.5. The third-order valence-electron chi connectivity index (χ3n) is 3.78. The molecule has 0 N–H and O–H groups in total. The van der Waals surface area contributed by atoms with E-state index in [2.05, 4.69) is 4.98 Å². The molecule has 0 aliphatic carbocycles. The second-order valence-corrected chi connectivity index (χ2v) is 9.11. The van der Waals surface area contributed by atoms with E-state index in [1.807, 2.05) is 20.8 Å². The van der Waals surface area contributed by atoms with Gasteiger partial charge in [0.25, 0.3) is 0 Å². The molecule has 0 aromatic carbocycles. The van der Waals surface area contributed by atoms with Crippen LogP contribution >= 0.6 is 0 Å². The number of ether oxygens (including phenoxy) is 1. The van der Waals surface area contributed by atoms with Crippen molar-refractivity contribution in [1.29, 1.82) is 0 Å². The van der Waals surface area contributed by atoms with Gasteiger partial charge in [-0.05, 0) is 40.5 Å². The Bertz CT molecular complexity index is 652. The third-order valence-corrected chi connectivity index (χ3v) is 5.95. The Morgan fingerprint density at radius 2 is 2.00 bits per heavy atom. The second kappa shape index (κ2) is 6.51. The minimum absolute atomic E-state index is 0.119. The van der Waals surface area contributed by atoms with E-state index in [4.69, 9.17) is 9.15 Å². The number of nitrogens with zero attached hydrogens (tertiary/aromatic N) is 2. The van der Waals surface area contributed by atoms with Crippen LogP contribution in [0.25, 0.3) is 0 Å². The summed E-state index contributed by atoms with van der Waals surface area (Å²) in [5, 5.41) is -0.461. The number of amides is 1. The number of hydrogen-bond donors (Lipinski definition) is 0. The molecule has 1 aromatic heterocycles. The molecule has 1 aromatic rings. The van der Waals surface area contributed by atoms with E-state index in [0.717, 1.165) is 0 Å². The summed E-state index contributed by atoms with van der Waals surface area (Å²) in [6.07, 6.45) is 1.70. The van der Waals surface area contributed by atoms with Crippen LogP contribution in [-0.4, -0.2) is 48.3 Å². The molecule has 0 saturated carbocycles. The van der Waals surface area contributed by atoms with Gasteiger partial charge in [0.15, 0.2) is 16.2 Å². The predicted molar refractivity (Wildman–Crippen MR) is 84.7 cm³/mol. The Labute approximate surface area is 136 Å². The zero-order valence-electron chi connectivity index (χ0n) is 14.0. The SMILES string of the molecule is Cc1ocnc1CS(=O)(=O)C1CCN(C(=O)OC(C)(C)C)CC1. The summed E-state index contributed by atoms with van der Waals surface area (Å²) >= 11 is 0. The van der Waals surface area contributed by atoms with E-state index in [9.17, 15) is 13.2 Å². The normalized spacial score (nSPS) is 17.3. The van der Waals surface area contributed by atoms with Gasteiger partial charge in [0.05, 0.1) is 16.7 Å². The van der Waals surface area contributed by atoms with Crippen molar-refractivity contribution < 1.29 is 22.4 Å². The number of oxazole rings is 1. The van der Waals surface area contributed by atoms with Crippen LogP contribution < -0.4 is 0 Å². The molecule has 2 rings (SSSR count). The van der Waals surface area contributed by atoms with Crippen molar-refractivity contribution >= 4 is 15.9 Å². The second-order valence-electron chi connectivity index (χ2n) is 6.83. The first-order valence-corrected chi connectivity index (χ1v) is 9.38. The highest BCUT2D eigenvalue weighted by molar-refractivity contribution is 7.91. The third kappa shape index (κ3) is 4.70. The predicted octanol–water partition coefficient (Wildman–Crippen LogP) is 2.30. The van der Waals surface area contributed by atoms with Gasteiger partial charge in [-0.3, -0.25) is 0 Å². The van der Waals surface area contributed by atoms with Crippen molar-refractivity contribution in [1.82, 2.24) is 9.88 Å². The highest BCUT2D eigenvalue weighted by Gasteiger charge is 2.33. The molecule has 1 saturated heterocycles. The van der Waals surface area contributed by atoms with Crippen molar-refractivity contribution in [3.05, 3.63) is 17.8 Å². The smallest absolute Gasteiger partial charge is 0.410 e. The molecule has 0 unspecified atom stereocenters. The van der Waals surface area contributed by atoms with Crippen LogP contribution in [0.3, 0.4) is 0 Å². The van der Waals surface area contributed by atoms with Crippen LogP contribution in [0, 0.1) is 6.92 Å². The molecule has 1 aliphatic heterocycles. The lowest BCUT2D eigenvalue weighted by Gasteiger charge is -2.33. The zero-order chi connectivity index (χ0) is 17.3. The van der Waals surface area contributed by atoms with Gasteiger partial charge in [-0.1, -0.05) is 0 Å². The molecule has 2 heterocycles. The van der Waals surface area contributed by atoms with E-state index < -0.39 is 20.7 Å². The summed E-state index contributed by atoms with van der Waals surface area (Å²) in [5.41, 5.74) is -0.0932. The quantitative estimate of drug-likeness (QED) is 0.836. The number of aromatic nitrogens is 1. The number of carbonyl (C=O) groups excluding carboxylic acids is 1. The van der Waals surface area contributed by atoms with Crippen molar-refractivity contribution in [2.75, 3.05) is 13.1 Å². The number of hydrogen-bond acceptors (Lipinski definition) is 6. The molecule has 0 atom stereocenters. The maximum atomic E-state index is 12.5. The number of aryl methyl sites for hydroxylation is 1. The van der Waals surface area contributed by atoms with E-state index in [1.54, 1.807) is 11.8 Å². The van der Waals surface area contributed by atoms with Crippen LogP contribution in [0.2, 0.25) is 0 Å². The number of sulfone groups is 1. The fraction of sp³-hybridized carbons (Fsp3) is 0.733. The molecule has 0 radical (unpaired) electrons. The van der Waals surface area contributed by atoms with Gasteiger partial charge in [-0.2, -0.15) is 0 Å². The molecular weight excluding hydrogens is 320 g/mol. The van der Waals surface area contributed by atoms with Crippen molar-refractivity contribution in [2.24, 2.45) is 0 Å². The fourth-order valence-electron chi connectivity index (χ4n) is 2.50. The zero-order valence-corrected chi connectivity index (χ0v) is 14.9. The Morgan fingerprint density at radius 3 is 2.48 bits per heavy atom. The number of carbonyl (C=O) groups is 1. The number of rotatable bonds is 3. The highest BCUT2D eigenvalue weighted by Crippen LogP contribution is 2.23. The van der Waals surface area contributed by atoms with Crippen LogP contribution in [0.1, 0.15) is 45.1 Å². The van der Waals surface area contributed by atoms with Crippen molar-refractivity contribution in [3.63, 3.8) is 0 Å². The Morgan fingerprint density at radius 1 is 1.39 bits per heavy atom. The first kappa shape index (κ1) is 17.8. The van der Waals surface area contributed by atoms with Crippen molar-refractivity contribution in [3.8, 4) is 0 Å². The Hall–Kier alpha value is -1.57. The van der Waals surface area contributed by atoms with Gasteiger partial charge in [0.2, 0.25) is 0 Å². The molecule has 0 bridgehead atoms. The lowest BCUT2D eigenvalue weighted by atomic mass is 10.1. The van der Waals surface area contributed by atoms with Gasteiger partial charge >= 0.3 is 6.09 Å². The number of likely N-dealkylation sites (tertiary alicyclic amines) is 1. The largest absolute Gasteiger partial charge is 0.448 e. The molecule has 1 amide bonds. The van der Waals surface area contributed by atoms with Crippen LogP contribution in [-0.2, 0) is 20.3 Å². The average Bonchev–Trinajstić information content (AvgIpc) is 2.82. The van der Waals surface area contributed by atoms with Gasteiger partial charge in [0.1, 0.15) is 11.4 Å². The van der Waals surface area contributed by atoms with Crippen LogP contribution in [0.4, 0.5) is 4.79 Å². The minimum atomic E-state index is -3.31. The molecule has 23 heavy (non-hydrogen) atoms. The molecule has 8 heteroatoms. The molecule has 1 fully saturated rings. The molecule has 0 spiro atoms. The van der Waals surface area contributed by atoms with E-state index >= 15 is 0 Å². The van der Waals surface area contributed by atoms with E-state index in [-0.39, 0.29) is 11.8 Å². The first-order valence-electron chi connectivity index (χ1n) is 7.67. The summed E-state index contributed by atoms with van der Waals surface area (Å²) in [6, 6.07) is 0. The molecular formula is C15H24N2O5S. The summed E-state index contributed by atoms with van der Waals surface area (Å²) < 4.78 is 35.4. The molecule has 130 valence electrons. The Balaban J connectivity index is 1.93. The maximum absolute atomic E-state index is 12.5. The fourth-order valence-corrected chi connectivity index (χ4v) is 4.32. The van der Waals surface area contributed by atoms with Gasteiger partial charge < -0.3 is 14.1 Å². The van der Waals surface area contributed by atoms with E-state index in [1.165, 1.54) is 6.39 Å². The minimum Gasteiger partial charge on any atom is -0.448 e. The maximum Gasteiger partial charge on any atom is 0.410 e. The molecule has 1 aliphatic rings. The summed E-state index contributed by atoms with van der Waals surface area (Å²) in [5.74, 6) is 0.409.